The van der Waals surface area contributed by atoms with Gasteiger partial charge in [-0.15, -0.1) is 0 Å². The van der Waals surface area contributed by atoms with Crippen LogP contribution in [0.2, 0.25) is 0 Å². The number of benzene rings is 1. The average Bonchev–Trinajstić information content (AvgIpc) is 2.88. The molecule has 1 aliphatic heterocycles. The summed E-state index contributed by atoms with van der Waals surface area (Å²) in [7, 11) is 0. The van der Waals surface area contributed by atoms with Gasteiger partial charge in [0.1, 0.15) is 0 Å². The monoisotopic (exact) mass is 217 g/mol. The first-order chi connectivity index (χ1) is 7.47. The molecular weight excluding hydrogens is 202 g/mol. The molecule has 1 nitrogen and oxygen atoms in total. The van der Waals surface area contributed by atoms with E-state index in [0.717, 1.165) is 13.1 Å². The van der Waals surface area contributed by atoms with E-state index in [1.165, 1.54) is 17.5 Å². The zero-order valence-corrected chi connectivity index (χ0v) is 9.46. The van der Waals surface area contributed by atoms with Gasteiger partial charge in [0.2, 0.25) is 0 Å². The molecule has 1 aromatic heterocycles. The summed E-state index contributed by atoms with van der Waals surface area (Å²) in [6.07, 6.45) is 1.19. The Hall–Kier alpha value is -1.12. The molecule has 1 N–H and O–H groups in total. The molecule has 3 rings (SSSR count). The molecule has 0 atom stereocenters. The summed E-state index contributed by atoms with van der Waals surface area (Å²) in [5, 5.41) is 7.42. The summed E-state index contributed by atoms with van der Waals surface area (Å²) in [6, 6.07) is 12.7. The van der Waals surface area contributed by atoms with Crippen LogP contribution in [0.1, 0.15) is 11.1 Å². The highest BCUT2D eigenvalue weighted by Crippen LogP contribution is 2.11. The maximum Gasteiger partial charge on any atom is 0.0208 e. The number of hydrogen-bond donors (Lipinski definition) is 1. The molecule has 0 unspecified atom stereocenters. The number of nitrogens with one attached hydrogen (secondary N) is 1. The molecule has 0 radical (unpaired) electrons. The predicted octanol–water partition coefficient (Wildman–Crippen LogP) is 3.08. The van der Waals surface area contributed by atoms with Gasteiger partial charge in [0, 0.05) is 6.54 Å². The van der Waals surface area contributed by atoms with Gasteiger partial charge in [-0.25, -0.2) is 0 Å². The van der Waals surface area contributed by atoms with E-state index in [4.69, 9.17) is 0 Å². The van der Waals surface area contributed by atoms with E-state index >= 15 is 0 Å². The summed E-state index contributed by atoms with van der Waals surface area (Å²) in [6.45, 7) is 2.19. The van der Waals surface area contributed by atoms with Gasteiger partial charge in [-0.2, -0.15) is 11.3 Å². The molecule has 0 aliphatic carbocycles. The fourth-order valence-corrected chi connectivity index (χ4v) is 2.10. The number of hydrogen-bond acceptors (Lipinski definition) is 2. The molecule has 2 heterocycles. The third-order valence-corrected chi connectivity index (χ3v) is 3.06. The quantitative estimate of drug-likeness (QED) is 0.715. The van der Waals surface area contributed by atoms with Crippen LogP contribution in [-0.4, -0.2) is 6.54 Å². The SMILES string of the molecule is c1ccc2c(c1)CCNC2.c1ccsc1. The lowest BCUT2D eigenvalue weighted by atomic mass is 10.0. The smallest absolute Gasteiger partial charge is 0.0208 e. The van der Waals surface area contributed by atoms with E-state index in [1.807, 2.05) is 22.9 Å². The van der Waals surface area contributed by atoms with E-state index in [-0.39, 0.29) is 0 Å². The fraction of sp³-hybridized carbons (Fsp3) is 0.231. The Balaban J connectivity index is 0.000000144. The van der Waals surface area contributed by atoms with Gasteiger partial charge >= 0.3 is 0 Å². The number of rotatable bonds is 0. The third-order valence-electron chi connectivity index (χ3n) is 2.43. The second-order valence-electron chi connectivity index (χ2n) is 3.49. The molecule has 1 aliphatic rings. The number of thiophene rings is 1. The zero-order valence-electron chi connectivity index (χ0n) is 8.65. The van der Waals surface area contributed by atoms with Crippen molar-refractivity contribution in [2.45, 2.75) is 13.0 Å². The topological polar surface area (TPSA) is 12.0 Å². The van der Waals surface area contributed by atoms with E-state index in [2.05, 4.69) is 29.6 Å². The Labute approximate surface area is 94.8 Å². The highest BCUT2D eigenvalue weighted by Gasteiger charge is 2.05. The van der Waals surface area contributed by atoms with Crippen molar-refractivity contribution >= 4 is 11.3 Å². The van der Waals surface area contributed by atoms with Gasteiger partial charge in [0.15, 0.2) is 0 Å². The maximum absolute atomic E-state index is 3.34. The van der Waals surface area contributed by atoms with Gasteiger partial charge in [-0.05, 0) is 34.9 Å². The largest absolute Gasteiger partial charge is 0.312 e. The Morgan fingerprint density at radius 3 is 2.27 bits per heavy atom. The Morgan fingerprint density at radius 1 is 0.933 bits per heavy atom. The minimum absolute atomic E-state index is 1.05. The Morgan fingerprint density at radius 2 is 1.67 bits per heavy atom. The molecule has 2 aromatic rings. The second kappa shape index (κ2) is 5.69. The van der Waals surface area contributed by atoms with Crippen LogP contribution in [0.15, 0.2) is 47.2 Å². The summed E-state index contributed by atoms with van der Waals surface area (Å²) < 4.78 is 0. The fourth-order valence-electron chi connectivity index (χ4n) is 1.65. The third kappa shape index (κ3) is 3.18. The average molecular weight is 217 g/mol. The van der Waals surface area contributed by atoms with Crippen LogP contribution in [0.25, 0.3) is 0 Å². The van der Waals surface area contributed by atoms with E-state index < -0.39 is 0 Å². The molecule has 1 aromatic carbocycles. The van der Waals surface area contributed by atoms with Crippen LogP contribution >= 0.6 is 11.3 Å². The van der Waals surface area contributed by atoms with Crippen LogP contribution in [0, 0.1) is 0 Å². The van der Waals surface area contributed by atoms with Crippen molar-refractivity contribution in [1.82, 2.24) is 5.32 Å². The number of fused-ring (bicyclic) bond motifs is 1. The summed E-state index contributed by atoms with van der Waals surface area (Å²) in [4.78, 5) is 0. The Kier molecular flexibility index (Phi) is 3.94. The van der Waals surface area contributed by atoms with Crippen LogP contribution in [-0.2, 0) is 13.0 Å². The van der Waals surface area contributed by atoms with Gasteiger partial charge in [-0.3, -0.25) is 0 Å². The molecule has 0 saturated carbocycles. The minimum Gasteiger partial charge on any atom is -0.312 e. The van der Waals surface area contributed by atoms with Gasteiger partial charge in [0.05, 0.1) is 0 Å². The first-order valence-electron chi connectivity index (χ1n) is 5.21. The normalized spacial score (nSPS) is 13.6. The summed E-state index contributed by atoms with van der Waals surface area (Å²) in [5.41, 5.74) is 2.98. The summed E-state index contributed by atoms with van der Waals surface area (Å²) >= 11 is 1.71. The predicted molar refractivity (Wildman–Crippen MR) is 66.2 cm³/mol. The first-order valence-corrected chi connectivity index (χ1v) is 6.16. The van der Waals surface area contributed by atoms with Gasteiger partial charge < -0.3 is 5.32 Å². The van der Waals surface area contributed by atoms with Gasteiger partial charge in [0.25, 0.3) is 0 Å². The van der Waals surface area contributed by atoms with Crippen LogP contribution in [0.4, 0.5) is 0 Å². The van der Waals surface area contributed by atoms with Crippen molar-refractivity contribution in [3.8, 4) is 0 Å². The van der Waals surface area contributed by atoms with Crippen LogP contribution in [0.3, 0.4) is 0 Å². The lowest BCUT2D eigenvalue weighted by Crippen LogP contribution is -2.23. The highest BCUT2D eigenvalue weighted by atomic mass is 32.1. The van der Waals surface area contributed by atoms with Gasteiger partial charge in [-0.1, -0.05) is 36.4 Å². The van der Waals surface area contributed by atoms with Crippen LogP contribution < -0.4 is 5.32 Å². The first kappa shape index (κ1) is 10.4. The molecule has 0 amide bonds. The van der Waals surface area contributed by atoms with Crippen molar-refractivity contribution in [2.75, 3.05) is 6.54 Å². The van der Waals surface area contributed by atoms with E-state index in [9.17, 15) is 0 Å². The molecule has 0 fully saturated rings. The molecule has 0 spiro atoms. The molecule has 78 valence electrons. The molecule has 2 heteroatoms. The minimum atomic E-state index is 1.05. The standard InChI is InChI=1S/C9H11N.C4H4S/c1-2-4-9-7-10-6-5-8(9)3-1;1-2-4-5-3-1/h1-4,10H,5-7H2;1-4H. The van der Waals surface area contributed by atoms with Crippen molar-refractivity contribution in [3.63, 3.8) is 0 Å². The van der Waals surface area contributed by atoms with Crippen LogP contribution in [0.5, 0.6) is 0 Å². The molecule has 0 bridgehead atoms. The van der Waals surface area contributed by atoms with E-state index in [1.54, 1.807) is 11.3 Å². The van der Waals surface area contributed by atoms with Crippen molar-refractivity contribution in [1.29, 1.82) is 0 Å². The van der Waals surface area contributed by atoms with Crippen molar-refractivity contribution < 1.29 is 0 Å². The Bertz CT molecular complexity index is 339. The molecule has 15 heavy (non-hydrogen) atoms. The lowest BCUT2D eigenvalue weighted by Gasteiger charge is -2.15. The van der Waals surface area contributed by atoms with Crippen molar-refractivity contribution in [3.05, 3.63) is 58.3 Å². The molecule has 0 saturated heterocycles. The lowest BCUT2D eigenvalue weighted by molar-refractivity contribution is 0.644. The summed E-state index contributed by atoms with van der Waals surface area (Å²) in [5.74, 6) is 0. The van der Waals surface area contributed by atoms with E-state index in [0.29, 0.717) is 0 Å². The second-order valence-corrected chi connectivity index (χ2v) is 4.31. The molecular formula is C13H15NS. The van der Waals surface area contributed by atoms with Crippen molar-refractivity contribution in [2.24, 2.45) is 0 Å². The highest BCUT2D eigenvalue weighted by molar-refractivity contribution is 7.07. The maximum atomic E-state index is 3.34. The zero-order chi connectivity index (χ0) is 10.3.